The van der Waals surface area contributed by atoms with Crippen molar-refractivity contribution in [3.05, 3.63) is 40.2 Å². The number of H-pyrrole nitrogens is 1. The molecule has 2 saturated carbocycles. The lowest BCUT2D eigenvalue weighted by atomic mass is 9.94. The molecule has 2 aliphatic carbocycles. The molecular formula is C24H33N3O4S. The van der Waals surface area contributed by atoms with Gasteiger partial charge in [0, 0.05) is 43.3 Å². The first-order valence-corrected chi connectivity index (χ1v) is 13.2. The van der Waals surface area contributed by atoms with Crippen molar-refractivity contribution in [1.29, 1.82) is 0 Å². The van der Waals surface area contributed by atoms with Crippen LogP contribution in [0.1, 0.15) is 74.6 Å². The quantitative estimate of drug-likeness (QED) is 0.735. The van der Waals surface area contributed by atoms with Gasteiger partial charge in [0.15, 0.2) is 0 Å². The topological polar surface area (TPSA) is 90.6 Å². The van der Waals surface area contributed by atoms with Gasteiger partial charge in [-0.3, -0.25) is 9.59 Å². The monoisotopic (exact) mass is 459 g/mol. The number of amides is 1. The number of fused-ring (bicyclic) bond motifs is 1. The predicted octanol–water partition coefficient (Wildman–Crippen LogP) is 3.89. The van der Waals surface area contributed by atoms with Gasteiger partial charge in [-0.05, 0) is 43.9 Å². The van der Waals surface area contributed by atoms with Crippen LogP contribution in [0.25, 0.3) is 10.9 Å². The largest absolute Gasteiger partial charge is 0.360 e. The predicted molar refractivity (Wildman–Crippen MR) is 125 cm³/mol. The van der Waals surface area contributed by atoms with E-state index in [-0.39, 0.29) is 33.8 Å². The minimum atomic E-state index is -3.73. The molecule has 2 aromatic rings. The van der Waals surface area contributed by atoms with E-state index in [4.69, 9.17) is 0 Å². The van der Waals surface area contributed by atoms with Gasteiger partial charge >= 0.3 is 0 Å². The summed E-state index contributed by atoms with van der Waals surface area (Å²) >= 11 is 0. The van der Waals surface area contributed by atoms with Crippen molar-refractivity contribution in [2.75, 3.05) is 14.1 Å². The smallest absolute Gasteiger partial charge is 0.259 e. The molecule has 8 heteroatoms. The van der Waals surface area contributed by atoms with Crippen LogP contribution in [0.4, 0.5) is 0 Å². The van der Waals surface area contributed by atoms with E-state index in [0.29, 0.717) is 5.52 Å². The van der Waals surface area contributed by atoms with Gasteiger partial charge in [0.2, 0.25) is 15.5 Å². The maximum atomic E-state index is 13.3. The zero-order valence-corrected chi connectivity index (χ0v) is 19.8. The van der Waals surface area contributed by atoms with Crippen molar-refractivity contribution >= 4 is 26.8 Å². The second kappa shape index (κ2) is 9.35. The number of nitrogens with one attached hydrogen (secondary N) is 1. The summed E-state index contributed by atoms with van der Waals surface area (Å²) in [4.78, 5) is 31.1. The average Bonchev–Trinajstić information content (AvgIpc) is 2.83. The van der Waals surface area contributed by atoms with Crippen molar-refractivity contribution in [2.24, 2.45) is 0 Å². The van der Waals surface area contributed by atoms with E-state index in [9.17, 15) is 18.0 Å². The van der Waals surface area contributed by atoms with Crippen LogP contribution < -0.4 is 5.43 Å². The Morgan fingerprint density at radius 3 is 2.16 bits per heavy atom. The molecule has 0 unspecified atom stereocenters. The first-order chi connectivity index (χ1) is 15.3. The molecule has 0 bridgehead atoms. The number of aromatic amines is 1. The lowest BCUT2D eigenvalue weighted by Crippen LogP contribution is -2.40. The molecule has 0 radical (unpaired) electrons. The second-order valence-corrected chi connectivity index (χ2v) is 11.3. The zero-order valence-electron chi connectivity index (χ0n) is 19.0. The highest BCUT2D eigenvalue weighted by Gasteiger charge is 2.30. The van der Waals surface area contributed by atoms with Crippen LogP contribution in [0, 0.1) is 0 Å². The molecule has 1 aromatic heterocycles. The molecule has 1 heterocycles. The number of carbonyl (C=O) groups excluding carboxylic acids is 1. The molecule has 0 aliphatic heterocycles. The van der Waals surface area contributed by atoms with Crippen molar-refractivity contribution in [3.63, 3.8) is 0 Å². The summed E-state index contributed by atoms with van der Waals surface area (Å²) < 4.78 is 28.0. The molecule has 0 atom stereocenters. The van der Waals surface area contributed by atoms with Crippen LogP contribution in [0.15, 0.2) is 34.1 Å². The van der Waals surface area contributed by atoms with Crippen LogP contribution >= 0.6 is 0 Å². The lowest BCUT2D eigenvalue weighted by Gasteiger charge is -2.31. The van der Waals surface area contributed by atoms with Gasteiger partial charge < -0.3 is 9.88 Å². The number of carbonyl (C=O) groups is 1. The Hall–Kier alpha value is -2.19. The van der Waals surface area contributed by atoms with Gasteiger partial charge in [0.1, 0.15) is 5.56 Å². The Morgan fingerprint density at radius 2 is 1.53 bits per heavy atom. The fourth-order valence-corrected chi connectivity index (χ4v) is 6.59. The minimum Gasteiger partial charge on any atom is -0.360 e. The highest BCUT2D eigenvalue weighted by Crippen LogP contribution is 2.27. The summed E-state index contributed by atoms with van der Waals surface area (Å²) in [5.74, 6) is -0.312. The summed E-state index contributed by atoms with van der Waals surface area (Å²) in [5.41, 5.74) is 0.149. The lowest BCUT2D eigenvalue weighted by molar-refractivity contribution is 0.0695. The van der Waals surface area contributed by atoms with Crippen molar-refractivity contribution in [2.45, 2.75) is 81.2 Å². The second-order valence-electron chi connectivity index (χ2n) is 9.26. The van der Waals surface area contributed by atoms with Crippen LogP contribution in [0.5, 0.6) is 0 Å². The number of nitrogens with zero attached hydrogens (tertiary/aromatic N) is 2. The Labute approximate surface area is 189 Å². The number of hydrogen-bond donors (Lipinski definition) is 1. The Bertz CT molecular complexity index is 1150. The third-order valence-corrected chi connectivity index (χ3v) is 9.20. The zero-order chi connectivity index (χ0) is 22.9. The molecule has 0 spiro atoms. The fraction of sp³-hybridized carbons (Fsp3) is 0.583. The van der Waals surface area contributed by atoms with Crippen molar-refractivity contribution in [1.82, 2.24) is 14.2 Å². The summed E-state index contributed by atoms with van der Waals surface area (Å²) in [7, 11) is -0.352. The van der Waals surface area contributed by atoms with Gasteiger partial charge in [-0.25, -0.2) is 8.42 Å². The molecule has 4 rings (SSSR count). The van der Waals surface area contributed by atoms with Crippen LogP contribution in [-0.4, -0.2) is 54.7 Å². The number of sulfonamides is 1. The third kappa shape index (κ3) is 4.35. The van der Waals surface area contributed by atoms with E-state index in [1.54, 1.807) is 25.1 Å². The van der Waals surface area contributed by atoms with Crippen LogP contribution in [-0.2, 0) is 10.0 Å². The normalized spacial score (nSPS) is 18.8. The SMILES string of the molecule is CN(C(=O)c1c[nH]c2ccc(S(=O)(=O)N(C)C3CCCCC3)cc2c1=O)C1CCCCC1. The van der Waals surface area contributed by atoms with E-state index in [0.717, 1.165) is 57.8 Å². The van der Waals surface area contributed by atoms with E-state index in [1.807, 2.05) is 0 Å². The minimum absolute atomic E-state index is 0.0141. The van der Waals surface area contributed by atoms with E-state index in [1.165, 1.54) is 29.1 Å². The standard InChI is InChI=1S/C24H33N3O4S/c1-26(17-9-5-3-6-10-17)24(29)21-16-25-22-14-13-19(15-20(22)23(21)28)32(30,31)27(2)18-11-7-4-8-12-18/h13-18H,3-12H2,1-2H3,(H,25,28). The molecule has 2 fully saturated rings. The van der Waals surface area contributed by atoms with Gasteiger partial charge in [-0.15, -0.1) is 0 Å². The number of benzene rings is 1. The molecule has 7 nitrogen and oxygen atoms in total. The van der Waals surface area contributed by atoms with Crippen LogP contribution in [0.3, 0.4) is 0 Å². The van der Waals surface area contributed by atoms with Gasteiger partial charge in [0.25, 0.3) is 5.91 Å². The van der Waals surface area contributed by atoms with Crippen molar-refractivity contribution < 1.29 is 13.2 Å². The van der Waals surface area contributed by atoms with E-state index in [2.05, 4.69) is 4.98 Å². The number of pyridine rings is 1. The first kappa shape index (κ1) is 23.0. The summed E-state index contributed by atoms with van der Waals surface area (Å²) in [6, 6.07) is 4.68. The highest BCUT2D eigenvalue weighted by molar-refractivity contribution is 7.89. The van der Waals surface area contributed by atoms with Crippen LogP contribution in [0.2, 0.25) is 0 Å². The molecule has 1 amide bonds. The third-order valence-electron chi connectivity index (χ3n) is 7.29. The number of aromatic nitrogens is 1. The molecule has 1 N–H and O–H groups in total. The Morgan fingerprint density at radius 1 is 0.938 bits per heavy atom. The number of hydrogen-bond acceptors (Lipinski definition) is 4. The van der Waals surface area contributed by atoms with E-state index >= 15 is 0 Å². The van der Waals surface area contributed by atoms with Gasteiger partial charge in [-0.2, -0.15) is 4.31 Å². The molecule has 2 aliphatic rings. The fourth-order valence-electron chi connectivity index (χ4n) is 5.15. The maximum Gasteiger partial charge on any atom is 0.259 e. The average molecular weight is 460 g/mol. The maximum absolute atomic E-state index is 13.3. The molecule has 32 heavy (non-hydrogen) atoms. The molecule has 0 saturated heterocycles. The molecular weight excluding hydrogens is 426 g/mol. The molecule has 174 valence electrons. The summed E-state index contributed by atoms with van der Waals surface area (Å²) in [5, 5.41) is 0.228. The summed E-state index contributed by atoms with van der Waals surface area (Å²) in [6.07, 6.45) is 11.6. The number of rotatable bonds is 5. The Kier molecular flexibility index (Phi) is 6.72. The highest BCUT2D eigenvalue weighted by atomic mass is 32.2. The van der Waals surface area contributed by atoms with E-state index < -0.39 is 15.5 Å². The molecule has 1 aromatic carbocycles. The van der Waals surface area contributed by atoms with Crippen molar-refractivity contribution in [3.8, 4) is 0 Å². The van der Waals surface area contributed by atoms with Gasteiger partial charge in [-0.1, -0.05) is 38.5 Å². The van der Waals surface area contributed by atoms with Gasteiger partial charge in [0.05, 0.1) is 4.90 Å². The summed E-state index contributed by atoms with van der Waals surface area (Å²) in [6.45, 7) is 0. The first-order valence-electron chi connectivity index (χ1n) is 11.7. The Balaban J connectivity index is 1.67.